The van der Waals surface area contributed by atoms with Gasteiger partial charge in [-0.05, 0) is 37.8 Å². The first-order chi connectivity index (χ1) is 8.55. The van der Waals surface area contributed by atoms with Crippen molar-refractivity contribution in [3.05, 3.63) is 35.9 Å². The number of rotatable bonds is 3. The van der Waals surface area contributed by atoms with Gasteiger partial charge in [-0.25, -0.2) is 0 Å². The van der Waals surface area contributed by atoms with Gasteiger partial charge >= 0.3 is 6.18 Å². The highest BCUT2D eigenvalue weighted by molar-refractivity contribution is 5.14. The zero-order chi connectivity index (χ0) is 13.0. The van der Waals surface area contributed by atoms with Gasteiger partial charge in [0, 0.05) is 6.04 Å². The Morgan fingerprint density at radius 3 is 2.56 bits per heavy atom. The second kappa shape index (κ2) is 5.74. The van der Waals surface area contributed by atoms with E-state index in [1.165, 1.54) is 5.56 Å². The third-order valence-electron chi connectivity index (χ3n) is 3.58. The van der Waals surface area contributed by atoms with E-state index in [-0.39, 0.29) is 18.9 Å². The quantitative estimate of drug-likeness (QED) is 0.873. The number of alkyl halides is 3. The van der Waals surface area contributed by atoms with Crippen LogP contribution in [-0.4, -0.2) is 18.8 Å². The minimum Gasteiger partial charge on any atom is -0.314 e. The van der Waals surface area contributed by atoms with Crippen LogP contribution in [0.5, 0.6) is 0 Å². The van der Waals surface area contributed by atoms with Crippen LogP contribution in [0, 0.1) is 5.92 Å². The molecule has 0 saturated carbocycles. The fourth-order valence-electron chi connectivity index (χ4n) is 2.51. The van der Waals surface area contributed by atoms with E-state index in [2.05, 4.69) is 5.32 Å². The molecule has 1 saturated heterocycles. The molecular weight excluding hydrogens is 239 g/mol. The minimum absolute atomic E-state index is 0.00872. The molecule has 0 spiro atoms. The summed E-state index contributed by atoms with van der Waals surface area (Å²) in [6.07, 6.45) is -1.99. The highest BCUT2D eigenvalue weighted by atomic mass is 19.4. The van der Waals surface area contributed by atoms with E-state index in [1.54, 1.807) is 0 Å². The van der Waals surface area contributed by atoms with Gasteiger partial charge in [-0.15, -0.1) is 0 Å². The Morgan fingerprint density at radius 2 is 1.89 bits per heavy atom. The van der Waals surface area contributed by atoms with E-state index in [4.69, 9.17) is 0 Å². The first-order valence-electron chi connectivity index (χ1n) is 6.40. The predicted molar refractivity (Wildman–Crippen MR) is 65.3 cm³/mol. The maximum absolute atomic E-state index is 12.7. The summed E-state index contributed by atoms with van der Waals surface area (Å²) < 4.78 is 38.0. The molecule has 1 aliphatic heterocycles. The minimum atomic E-state index is -4.03. The van der Waals surface area contributed by atoms with Crippen molar-refractivity contribution in [2.75, 3.05) is 6.54 Å². The van der Waals surface area contributed by atoms with Gasteiger partial charge in [0.1, 0.15) is 0 Å². The highest BCUT2D eigenvalue weighted by Crippen LogP contribution is 2.34. The van der Waals surface area contributed by atoms with Crippen molar-refractivity contribution >= 4 is 0 Å². The second-order valence-electron chi connectivity index (χ2n) is 4.94. The molecule has 2 unspecified atom stereocenters. The average Bonchev–Trinajstić information content (AvgIpc) is 2.37. The molecule has 1 nitrogen and oxygen atoms in total. The molecule has 0 bridgehead atoms. The number of hydrogen-bond donors (Lipinski definition) is 1. The van der Waals surface area contributed by atoms with Crippen molar-refractivity contribution in [2.24, 2.45) is 5.92 Å². The number of hydrogen-bond acceptors (Lipinski definition) is 1. The van der Waals surface area contributed by atoms with E-state index in [0.717, 1.165) is 12.8 Å². The Kier molecular flexibility index (Phi) is 4.27. The van der Waals surface area contributed by atoms with E-state index in [9.17, 15) is 13.2 Å². The molecule has 1 fully saturated rings. The molecule has 18 heavy (non-hydrogen) atoms. The fourth-order valence-corrected chi connectivity index (χ4v) is 2.51. The van der Waals surface area contributed by atoms with Crippen LogP contribution in [0.15, 0.2) is 30.3 Å². The lowest BCUT2D eigenvalue weighted by molar-refractivity contribution is -0.183. The number of nitrogens with one attached hydrogen (secondary N) is 1. The smallest absolute Gasteiger partial charge is 0.314 e. The summed E-state index contributed by atoms with van der Waals surface area (Å²) in [5.41, 5.74) is 1.19. The lowest BCUT2D eigenvalue weighted by Gasteiger charge is -2.31. The van der Waals surface area contributed by atoms with Crippen LogP contribution in [0.3, 0.4) is 0 Å². The molecule has 1 aromatic rings. The molecule has 0 aromatic heterocycles. The van der Waals surface area contributed by atoms with Crippen molar-refractivity contribution in [1.29, 1.82) is 0 Å². The van der Waals surface area contributed by atoms with E-state index in [1.807, 2.05) is 30.3 Å². The number of halogens is 3. The highest BCUT2D eigenvalue weighted by Gasteiger charge is 2.41. The Hall–Kier alpha value is -1.03. The summed E-state index contributed by atoms with van der Waals surface area (Å²) in [6.45, 7) is 0.476. The molecule has 2 rings (SSSR count). The maximum Gasteiger partial charge on any atom is 0.391 e. The monoisotopic (exact) mass is 257 g/mol. The first kappa shape index (κ1) is 13.4. The van der Waals surface area contributed by atoms with E-state index in [0.29, 0.717) is 6.54 Å². The van der Waals surface area contributed by atoms with Crippen molar-refractivity contribution in [1.82, 2.24) is 5.32 Å². The van der Waals surface area contributed by atoms with Gasteiger partial charge in [0.25, 0.3) is 0 Å². The van der Waals surface area contributed by atoms with Crippen molar-refractivity contribution in [3.63, 3.8) is 0 Å². The summed E-state index contributed by atoms with van der Waals surface area (Å²) in [6, 6.07) is 9.89. The number of aryl methyl sites for hydroxylation is 1. The molecular formula is C14H18F3N. The molecule has 1 N–H and O–H groups in total. The lowest BCUT2D eigenvalue weighted by atomic mass is 9.89. The van der Waals surface area contributed by atoms with Crippen LogP contribution in [0.4, 0.5) is 13.2 Å². The molecule has 0 aliphatic carbocycles. The predicted octanol–water partition coefficient (Wildman–Crippen LogP) is 3.55. The average molecular weight is 257 g/mol. The summed E-state index contributed by atoms with van der Waals surface area (Å²) in [5, 5.41) is 3.19. The Morgan fingerprint density at radius 1 is 1.17 bits per heavy atom. The van der Waals surface area contributed by atoms with Crippen molar-refractivity contribution < 1.29 is 13.2 Å². The Bertz CT molecular complexity index is 361. The van der Waals surface area contributed by atoms with Crippen molar-refractivity contribution in [2.45, 2.75) is 37.9 Å². The van der Waals surface area contributed by atoms with Crippen LogP contribution in [0.2, 0.25) is 0 Å². The normalized spacial score (nSPS) is 25.1. The van der Waals surface area contributed by atoms with Gasteiger partial charge in [0.2, 0.25) is 0 Å². The maximum atomic E-state index is 12.7. The topological polar surface area (TPSA) is 12.0 Å². The third-order valence-corrected chi connectivity index (χ3v) is 3.58. The number of piperidine rings is 1. The zero-order valence-electron chi connectivity index (χ0n) is 10.2. The summed E-state index contributed by atoms with van der Waals surface area (Å²) in [4.78, 5) is 0. The van der Waals surface area contributed by atoms with Crippen LogP contribution >= 0.6 is 0 Å². The Balaban J connectivity index is 1.83. The van der Waals surface area contributed by atoms with Crippen LogP contribution < -0.4 is 5.32 Å². The molecule has 2 atom stereocenters. The molecule has 1 aliphatic rings. The molecule has 100 valence electrons. The van der Waals surface area contributed by atoms with Gasteiger partial charge in [0.15, 0.2) is 0 Å². The molecule has 0 amide bonds. The largest absolute Gasteiger partial charge is 0.391 e. The van der Waals surface area contributed by atoms with Gasteiger partial charge in [-0.1, -0.05) is 30.3 Å². The van der Waals surface area contributed by atoms with Crippen LogP contribution in [0.25, 0.3) is 0 Å². The van der Waals surface area contributed by atoms with Gasteiger partial charge < -0.3 is 5.32 Å². The van der Waals surface area contributed by atoms with Gasteiger partial charge in [0.05, 0.1) is 5.92 Å². The van der Waals surface area contributed by atoms with Crippen molar-refractivity contribution in [3.8, 4) is 0 Å². The third kappa shape index (κ3) is 3.73. The van der Waals surface area contributed by atoms with Crippen LogP contribution in [-0.2, 0) is 6.42 Å². The Labute approximate surface area is 105 Å². The SMILES string of the molecule is FC(F)(F)C1CCNC(CCc2ccccc2)C1. The summed E-state index contributed by atoms with van der Waals surface area (Å²) >= 11 is 0. The lowest BCUT2D eigenvalue weighted by Crippen LogP contribution is -2.42. The molecule has 4 heteroatoms. The summed E-state index contributed by atoms with van der Waals surface area (Å²) in [5.74, 6) is -1.13. The zero-order valence-corrected chi connectivity index (χ0v) is 10.2. The number of benzene rings is 1. The second-order valence-corrected chi connectivity index (χ2v) is 4.94. The van der Waals surface area contributed by atoms with E-state index < -0.39 is 12.1 Å². The van der Waals surface area contributed by atoms with Crippen LogP contribution in [0.1, 0.15) is 24.8 Å². The molecule has 0 radical (unpaired) electrons. The summed E-state index contributed by atoms with van der Waals surface area (Å²) in [7, 11) is 0. The first-order valence-corrected chi connectivity index (χ1v) is 6.40. The fraction of sp³-hybridized carbons (Fsp3) is 0.571. The van der Waals surface area contributed by atoms with Gasteiger partial charge in [-0.3, -0.25) is 0 Å². The standard InChI is InChI=1S/C14H18F3N/c15-14(16,17)12-8-9-18-13(10-12)7-6-11-4-2-1-3-5-11/h1-5,12-13,18H,6-10H2. The van der Waals surface area contributed by atoms with E-state index >= 15 is 0 Å². The molecule has 1 heterocycles. The molecule has 1 aromatic carbocycles. The van der Waals surface area contributed by atoms with Gasteiger partial charge in [-0.2, -0.15) is 13.2 Å².